The number of nitrogens with zero attached hydrogens (tertiary/aromatic N) is 2. The average molecular weight is 444 g/mol. The molecule has 2 aromatic rings. The number of rotatable bonds is 7. The van der Waals surface area contributed by atoms with E-state index < -0.39 is 10.6 Å². The lowest BCUT2D eigenvalue weighted by molar-refractivity contribution is -0.385. The van der Waals surface area contributed by atoms with E-state index in [4.69, 9.17) is 30.4 Å². The van der Waals surface area contributed by atoms with Gasteiger partial charge in [0.15, 0.2) is 11.4 Å². The molecule has 12 nitrogen and oxygen atoms in total. The summed E-state index contributed by atoms with van der Waals surface area (Å²) in [4.78, 5) is 15.1. The van der Waals surface area contributed by atoms with E-state index in [1.807, 2.05) is 0 Å². The summed E-state index contributed by atoms with van der Waals surface area (Å²) < 4.78 is 21.3. The average Bonchev–Trinajstić information content (AvgIpc) is 2.78. The molecular formula is C20H24N6O6. The first-order valence-electron chi connectivity index (χ1n) is 9.28. The zero-order chi connectivity index (χ0) is 23.5. The molecule has 0 saturated carbocycles. The van der Waals surface area contributed by atoms with Crippen LogP contribution in [0.3, 0.4) is 0 Å². The van der Waals surface area contributed by atoms with Crippen LogP contribution in [0.4, 0.5) is 17.1 Å². The Hall–Kier alpha value is -4.19. The summed E-state index contributed by atoms with van der Waals surface area (Å²) in [6.45, 7) is 0. The summed E-state index contributed by atoms with van der Waals surface area (Å²) in [6, 6.07) is 7.69. The SMILES string of the molecule is COC1=CN=C(Nc2cc([N+](=O)[O-])c(OC)cc2OC)NC1(N)c1cc(N)ccc1OC. The second-order valence-corrected chi connectivity index (χ2v) is 6.67. The normalized spacial score (nSPS) is 17.4. The Morgan fingerprint density at radius 1 is 1.03 bits per heavy atom. The molecule has 0 saturated heterocycles. The van der Waals surface area contributed by atoms with E-state index in [9.17, 15) is 10.1 Å². The second-order valence-electron chi connectivity index (χ2n) is 6.67. The van der Waals surface area contributed by atoms with Gasteiger partial charge < -0.3 is 35.3 Å². The van der Waals surface area contributed by atoms with E-state index in [0.29, 0.717) is 28.5 Å². The summed E-state index contributed by atoms with van der Waals surface area (Å²) >= 11 is 0. The van der Waals surface area contributed by atoms with Crippen LogP contribution >= 0.6 is 0 Å². The predicted octanol–water partition coefficient (Wildman–Crippen LogP) is 1.87. The number of nitro benzene ring substituents is 1. The molecule has 0 aliphatic carbocycles. The van der Waals surface area contributed by atoms with Crippen LogP contribution in [0.25, 0.3) is 0 Å². The van der Waals surface area contributed by atoms with Crippen molar-refractivity contribution in [2.24, 2.45) is 10.7 Å². The fraction of sp³-hybridized carbons (Fsp3) is 0.250. The standard InChI is InChI=1S/C20H24N6O6/c1-29-15-6-5-11(21)7-12(15)20(22)18(32-4)10-23-19(25-20)24-13-8-14(26(27)28)17(31-3)9-16(13)30-2/h5-10H,21-22H2,1-4H3,(H2,23,24,25). The Morgan fingerprint density at radius 3 is 2.31 bits per heavy atom. The summed E-state index contributed by atoms with van der Waals surface area (Å²) in [5, 5.41) is 17.5. The van der Waals surface area contributed by atoms with Crippen LogP contribution in [-0.4, -0.2) is 39.3 Å². The third-order valence-electron chi connectivity index (χ3n) is 4.83. The maximum Gasteiger partial charge on any atom is 0.313 e. The molecule has 0 spiro atoms. The van der Waals surface area contributed by atoms with Crippen molar-refractivity contribution in [3.05, 3.63) is 58.0 Å². The highest BCUT2D eigenvalue weighted by atomic mass is 16.6. The van der Waals surface area contributed by atoms with Gasteiger partial charge in [0.2, 0.25) is 11.7 Å². The zero-order valence-corrected chi connectivity index (χ0v) is 18.0. The Balaban J connectivity index is 2.04. The molecule has 1 heterocycles. The third-order valence-corrected chi connectivity index (χ3v) is 4.83. The number of hydrogen-bond donors (Lipinski definition) is 4. The van der Waals surface area contributed by atoms with Crippen molar-refractivity contribution in [3.8, 4) is 17.2 Å². The summed E-state index contributed by atoms with van der Waals surface area (Å²) in [7, 11) is 5.72. The largest absolute Gasteiger partial charge is 0.496 e. The fourth-order valence-electron chi connectivity index (χ4n) is 3.27. The highest BCUT2D eigenvalue weighted by Gasteiger charge is 2.40. The molecule has 0 fully saturated rings. The minimum atomic E-state index is -1.41. The van der Waals surface area contributed by atoms with Crippen molar-refractivity contribution in [1.82, 2.24) is 5.32 Å². The number of benzene rings is 2. The molecular weight excluding hydrogens is 420 g/mol. The van der Waals surface area contributed by atoms with Gasteiger partial charge in [-0.2, -0.15) is 0 Å². The maximum atomic E-state index is 11.4. The van der Waals surface area contributed by atoms with Crippen LogP contribution in [-0.2, 0) is 10.4 Å². The van der Waals surface area contributed by atoms with Crippen molar-refractivity contribution in [1.29, 1.82) is 0 Å². The molecule has 3 rings (SSSR count). The molecule has 0 bridgehead atoms. The number of ether oxygens (including phenoxy) is 4. The van der Waals surface area contributed by atoms with E-state index in [1.165, 1.54) is 46.8 Å². The Labute approximate surface area is 183 Å². The van der Waals surface area contributed by atoms with E-state index in [2.05, 4.69) is 15.6 Å². The highest BCUT2D eigenvalue weighted by Crippen LogP contribution is 2.39. The lowest BCUT2D eigenvalue weighted by Gasteiger charge is -2.36. The van der Waals surface area contributed by atoms with Crippen LogP contribution in [0.1, 0.15) is 5.56 Å². The number of nitrogens with one attached hydrogen (secondary N) is 2. The minimum absolute atomic E-state index is 0.0511. The molecule has 1 aliphatic heterocycles. The van der Waals surface area contributed by atoms with Gasteiger partial charge in [0, 0.05) is 23.4 Å². The van der Waals surface area contributed by atoms with E-state index in [1.54, 1.807) is 18.2 Å². The van der Waals surface area contributed by atoms with Crippen molar-refractivity contribution in [2.45, 2.75) is 5.66 Å². The number of hydrogen-bond acceptors (Lipinski definition) is 11. The van der Waals surface area contributed by atoms with Crippen LogP contribution < -0.4 is 36.3 Å². The number of guanidine groups is 1. The lowest BCUT2D eigenvalue weighted by Crippen LogP contribution is -2.58. The molecule has 1 unspecified atom stereocenters. The molecule has 1 aliphatic rings. The first-order chi connectivity index (χ1) is 15.3. The van der Waals surface area contributed by atoms with Crippen molar-refractivity contribution in [3.63, 3.8) is 0 Å². The molecule has 0 amide bonds. The summed E-state index contributed by atoms with van der Waals surface area (Å²) in [6.07, 6.45) is 1.42. The van der Waals surface area contributed by atoms with Gasteiger partial charge in [0.05, 0.1) is 45.2 Å². The van der Waals surface area contributed by atoms with E-state index in [-0.39, 0.29) is 23.1 Å². The first-order valence-corrected chi connectivity index (χ1v) is 9.28. The number of aliphatic imine (C=N–C) groups is 1. The monoisotopic (exact) mass is 444 g/mol. The summed E-state index contributed by atoms with van der Waals surface area (Å²) in [5.41, 5.74) is 12.2. The Morgan fingerprint density at radius 2 is 1.72 bits per heavy atom. The van der Waals surface area contributed by atoms with Gasteiger partial charge >= 0.3 is 5.69 Å². The quantitative estimate of drug-likeness (QED) is 0.281. The Kier molecular flexibility index (Phi) is 6.25. The molecule has 32 heavy (non-hydrogen) atoms. The van der Waals surface area contributed by atoms with E-state index in [0.717, 1.165) is 0 Å². The fourth-order valence-corrected chi connectivity index (χ4v) is 3.27. The van der Waals surface area contributed by atoms with Gasteiger partial charge in [0.25, 0.3) is 0 Å². The van der Waals surface area contributed by atoms with E-state index >= 15 is 0 Å². The molecule has 170 valence electrons. The van der Waals surface area contributed by atoms with Crippen LogP contribution in [0, 0.1) is 10.1 Å². The maximum absolute atomic E-state index is 11.4. The van der Waals surface area contributed by atoms with Gasteiger partial charge in [-0.15, -0.1) is 0 Å². The van der Waals surface area contributed by atoms with Crippen LogP contribution in [0.2, 0.25) is 0 Å². The smallest absolute Gasteiger partial charge is 0.313 e. The zero-order valence-electron chi connectivity index (χ0n) is 18.0. The van der Waals surface area contributed by atoms with Gasteiger partial charge in [-0.1, -0.05) is 0 Å². The summed E-state index contributed by atoms with van der Waals surface area (Å²) in [5.74, 6) is 1.28. The molecule has 12 heteroatoms. The predicted molar refractivity (Wildman–Crippen MR) is 119 cm³/mol. The molecule has 1 atom stereocenters. The number of nitro groups is 1. The topological polar surface area (TPSA) is 169 Å². The van der Waals surface area contributed by atoms with Gasteiger partial charge in [-0.25, -0.2) is 4.99 Å². The molecule has 0 aromatic heterocycles. The minimum Gasteiger partial charge on any atom is -0.496 e. The van der Waals surface area contributed by atoms with Crippen molar-refractivity contribution >= 4 is 23.0 Å². The molecule has 2 aromatic carbocycles. The van der Waals surface area contributed by atoms with Crippen molar-refractivity contribution < 1.29 is 23.9 Å². The Bertz CT molecular complexity index is 1100. The van der Waals surface area contributed by atoms with Gasteiger partial charge in [0.1, 0.15) is 11.5 Å². The number of nitrogens with two attached hydrogens (primary N) is 2. The van der Waals surface area contributed by atoms with Crippen LogP contribution in [0.5, 0.6) is 17.2 Å². The highest BCUT2D eigenvalue weighted by molar-refractivity contribution is 5.97. The number of methoxy groups -OCH3 is 4. The second kappa shape index (κ2) is 8.89. The molecule has 6 N–H and O–H groups in total. The van der Waals surface area contributed by atoms with Gasteiger partial charge in [-0.05, 0) is 18.2 Å². The number of anilines is 2. The lowest BCUT2D eigenvalue weighted by atomic mass is 9.95. The first kappa shape index (κ1) is 22.5. The third kappa shape index (κ3) is 4.03. The van der Waals surface area contributed by atoms with Crippen LogP contribution in [0.15, 0.2) is 47.3 Å². The number of nitrogen functional groups attached to an aromatic ring is 1. The van der Waals surface area contributed by atoms with Gasteiger partial charge in [-0.3, -0.25) is 15.8 Å². The molecule has 0 radical (unpaired) electrons. The van der Waals surface area contributed by atoms with Crippen molar-refractivity contribution in [2.75, 3.05) is 39.5 Å².